The molecule has 0 heterocycles. The second-order valence-corrected chi connectivity index (χ2v) is 4.77. The summed E-state index contributed by atoms with van der Waals surface area (Å²) >= 11 is 0. The predicted molar refractivity (Wildman–Crippen MR) is 85.9 cm³/mol. The molecule has 0 aliphatic rings. The van der Waals surface area contributed by atoms with Crippen LogP contribution < -0.4 is 4.74 Å². The van der Waals surface area contributed by atoms with Crippen LogP contribution in [0.25, 0.3) is 11.1 Å². The summed E-state index contributed by atoms with van der Waals surface area (Å²) in [5.74, 6) is -0.133. The maximum Gasteiger partial charge on any atom is 0.511 e. The lowest BCUT2D eigenvalue weighted by Crippen LogP contribution is -2.08. The topological polar surface area (TPSA) is 72.8 Å². The number of carboxylic acid groups (broad SMARTS) is 1. The van der Waals surface area contributed by atoms with E-state index in [9.17, 15) is 9.59 Å². The first-order valence-electron chi connectivity index (χ1n) is 7.37. The zero-order chi connectivity index (χ0) is 16.8. The predicted octanol–water partition coefficient (Wildman–Crippen LogP) is 4.15. The van der Waals surface area contributed by atoms with Gasteiger partial charge in [-0.1, -0.05) is 37.3 Å². The summed E-state index contributed by atoms with van der Waals surface area (Å²) in [6, 6.07) is 12.2. The van der Waals surface area contributed by atoms with Gasteiger partial charge in [-0.15, -0.1) is 0 Å². The van der Waals surface area contributed by atoms with Crippen LogP contribution in [0.4, 0.5) is 4.79 Å². The van der Waals surface area contributed by atoms with Crippen LogP contribution in [-0.4, -0.2) is 23.8 Å². The number of benzene rings is 2. The molecule has 2 aromatic carbocycles. The van der Waals surface area contributed by atoms with E-state index in [4.69, 9.17) is 14.6 Å². The Hall–Kier alpha value is -2.82. The largest absolute Gasteiger partial charge is 0.511 e. The molecule has 23 heavy (non-hydrogen) atoms. The lowest BCUT2D eigenvalue weighted by Gasteiger charge is -2.15. The molecule has 0 aromatic heterocycles. The third kappa shape index (κ3) is 3.69. The molecule has 0 atom stereocenters. The zero-order valence-corrected chi connectivity index (χ0v) is 13.0. The maximum absolute atomic E-state index is 12.2. The van der Waals surface area contributed by atoms with E-state index in [1.54, 1.807) is 31.2 Å². The van der Waals surface area contributed by atoms with E-state index >= 15 is 0 Å². The molecule has 0 saturated carbocycles. The summed E-state index contributed by atoms with van der Waals surface area (Å²) < 4.78 is 9.94. The molecule has 0 spiro atoms. The van der Waals surface area contributed by atoms with Gasteiger partial charge in [0.25, 0.3) is 0 Å². The summed E-state index contributed by atoms with van der Waals surface area (Å²) in [6.07, 6.45) is -0.800. The molecule has 0 radical (unpaired) electrons. The van der Waals surface area contributed by atoms with Gasteiger partial charge in [-0.2, -0.15) is 0 Å². The molecule has 0 aliphatic heterocycles. The second kappa shape index (κ2) is 7.45. The van der Waals surface area contributed by atoms with Crippen molar-refractivity contribution in [2.24, 2.45) is 0 Å². The quantitative estimate of drug-likeness (QED) is 0.663. The highest BCUT2D eigenvalue weighted by atomic mass is 16.7. The number of esters is 1. The van der Waals surface area contributed by atoms with E-state index in [0.29, 0.717) is 17.5 Å². The first kappa shape index (κ1) is 16.5. The normalized spacial score (nSPS) is 10.2. The Kier molecular flexibility index (Phi) is 5.36. The van der Waals surface area contributed by atoms with Crippen molar-refractivity contribution in [2.45, 2.75) is 20.3 Å². The lowest BCUT2D eigenvalue weighted by atomic mass is 9.93. The summed E-state index contributed by atoms with van der Waals surface area (Å²) in [6.45, 7) is 3.94. The maximum atomic E-state index is 12.2. The van der Waals surface area contributed by atoms with Gasteiger partial charge in [0.15, 0.2) is 0 Å². The second-order valence-electron chi connectivity index (χ2n) is 4.77. The minimum atomic E-state index is -1.37. The Bertz CT molecular complexity index is 721. The molecule has 2 rings (SSSR count). The third-order valence-corrected chi connectivity index (χ3v) is 3.40. The van der Waals surface area contributed by atoms with Crippen LogP contribution in [-0.2, 0) is 11.2 Å². The number of hydrogen-bond donors (Lipinski definition) is 1. The van der Waals surface area contributed by atoms with Gasteiger partial charge in [0.1, 0.15) is 5.75 Å². The smallest absolute Gasteiger partial charge is 0.462 e. The molecule has 0 fully saturated rings. The molecule has 0 aliphatic carbocycles. The molecule has 0 saturated heterocycles. The van der Waals surface area contributed by atoms with Gasteiger partial charge in [0.2, 0.25) is 0 Å². The molecule has 5 heteroatoms. The standard InChI is InChI=1S/C18H18O5/c1-3-12-13(10-7-11-16(12)23-18(20)21)14-8-5-6-9-15(14)17(19)22-4-2/h5-11H,3-4H2,1-2H3,(H,20,21). The zero-order valence-electron chi connectivity index (χ0n) is 13.0. The van der Waals surface area contributed by atoms with Crippen LogP contribution in [0, 0.1) is 0 Å². The van der Waals surface area contributed by atoms with Crippen LogP contribution in [0.1, 0.15) is 29.8 Å². The van der Waals surface area contributed by atoms with Crippen molar-refractivity contribution in [3.63, 3.8) is 0 Å². The van der Waals surface area contributed by atoms with E-state index in [0.717, 1.165) is 11.1 Å². The van der Waals surface area contributed by atoms with Crippen molar-refractivity contribution in [2.75, 3.05) is 6.61 Å². The van der Waals surface area contributed by atoms with Gasteiger partial charge in [-0.25, -0.2) is 9.59 Å². The third-order valence-electron chi connectivity index (χ3n) is 3.40. The highest BCUT2D eigenvalue weighted by molar-refractivity contribution is 5.98. The van der Waals surface area contributed by atoms with Crippen molar-refractivity contribution in [1.29, 1.82) is 0 Å². The van der Waals surface area contributed by atoms with Gasteiger partial charge in [-0.3, -0.25) is 0 Å². The van der Waals surface area contributed by atoms with Gasteiger partial charge in [0, 0.05) is 5.56 Å². The van der Waals surface area contributed by atoms with Crippen molar-refractivity contribution < 1.29 is 24.2 Å². The first-order chi connectivity index (χ1) is 11.1. The van der Waals surface area contributed by atoms with E-state index in [2.05, 4.69) is 0 Å². The SMILES string of the molecule is CCOC(=O)c1ccccc1-c1cccc(OC(=O)O)c1CC. The highest BCUT2D eigenvalue weighted by Gasteiger charge is 2.18. The van der Waals surface area contributed by atoms with Gasteiger partial charge >= 0.3 is 12.1 Å². The summed E-state index contributed by atoms with van der Waals surface area (Å²) in [5, 5.41) is 8.86. The average Bonchev–Trinajstić information content (AvgIpc) is 2.54. The average molecular weight is 314 g/mol. The molecule has 0 bridgehead atoms. The summed E-state index contributed by atoms with van der Waals surface area (Å²) in [5.41, 5.74) is 2.62. The van der Waals surface area contributed by atoms with Crippen LogP contribution in [0.2, 0.25) is 0 Å². The minimum absolute atomic E-state index is 0.274. The van der Waals surface area contributed by atoms with Crippen molar-refractivity contribution in [1.82, 2.24) is 0 Å². The molecule has 0 unspecified atom stereocenters. The molecule has 5 nitrogen and oxygen atoms in total. The Balaban J connectivity index is 2.59. The molecular formula is C18H18O5. The molecule has 0 amide bonds. The summed E-state index contributed by atoms with van der Waals surface area (Å²) in [4.78, 5) is 23.0. The molecular weight excluding hydrogens is 296 g/mol. The van der Waals surface area contributed by atoms with Crippen LogP contribution in [0.3, 0.4) is 0 Å². The highest BCUT2D eigenvalue weighted by Crippen LogP contribution is 2.33. The van der Waals surface area contributed by atoms with E-state index < -0.39 is 12.1 Å². The fourth-order valence-electron chi connectivity index (χ4n) is 2.48. The van der Waals surface area contributed by atoms with E-state index in [-0.39, 0.29) is 12.4 Å². The summed E-state index contributed by atoms with van der Waals surface area (Å²) in [7, 11) is 0. The number of ether oxygens (including phenoxy) is 2. The fourth-order valence-corrected chi connectivity index (χ4v) is 2.48. The van der Waals surface area contributed by atoms with Crippen LogP contribution in [0.15, 0.2) is 42.5 Å². The Morgan fingerprint density at radius 1 is 1.00 bits per heavy atom. The van der Waals surface area contributed by atoms with Crippen molar-refractivity contribution in [3.8, 4) is 16.9 Å². The number of hydrogen-bond acceptors (Lipinski definition) is 4. The minimum Gasteiger partial charge on any atom is -0.462 e. The monoisotopic (exact) mass is 314 g/mol. The van der Waals surface area contributed by atoms with E-state index in [1.807, 2.05) is 25.1 Å². The Morgan fingerprint density at radius 2 is 1.70 bits per heavy atom. The van der Waals surface area contributed by atoms with Crippen molar-refractivity contribution in [3.05, 3.63) is 53.6 Å². The lowest BCUT2D eigenvalue weighted by molar-refractivity contribution is 0.0527. The van der Waals surface area contributed by atoms with Gasteiger partial charge in [0.05, 0.1) is 12.2 Å². The molecule has 1 N–H and O–H groups in total. The van der Waals surface area contributed by atoms with E-state index in [1.165, 1.54) is 0 Å². The molecule has 120 valence electrons. The number of carbonyl (C=O) groups excluding carboxylic acids is 1. The van der Waals surface area contributed by atoms with Crippen molar-refractivity contribution >= 4 is 12.1 Å². The van der Waals surface area contributed by atoms with Gasteiger partial charge < -0.3 is 14.6 Å². The van der Waals surface area contributed by atoms with Crippen LogP contribution >= 0.6 is 0 Å². The fraction of sp³-hybridized carbons (Fsp3) is 0.222. The molecule has 2 aromatic rings. The van der Waals surface area contributed by atoms with Gasteiger partial charge in [-0.05, 0) is 36.6 Å². The Morgan fingerprint density at radius 3 is 2.35 bits per heavy atom. The number of rotatable bonds is 5. The number of carbonyl (C=O) groups is 2. The first-order valence-corrected chi connectivity index (χ1v) is 7.37. The van der Waals surface area contributed by atoms with Crippen LogP contribution in [0.5, 0.6) is 5.75 Å². The Labute approximate surface area is 134 Å².